The number of fused-ring (bicyclic) bond motifs is 3. The van der Waals surface area contributed by atoms with Gasteiger partial charge in [0, 0.05) is 29.4 Å². The first kappa shape index (κ1) is 9.68. The van der Waals surface area contributed by atoms with E-state index in [-0.39, 0.29) is 5.79 Å². The molecule has 0 unspecified atom stereocenters. The number of para-hydroxylation sites is 1. The van der Waals surface area contributed by atoms with Crippen LogP contribution in [0.4, 0.5) is 0 Å². The van der Waals surface area contributed by atoms with Gasteiger partial charge in [-0.3, -0.25) is 0 Å². The molecule has 0 amide bonds. The summed E-state index contributed by atoms with van der Waals surface area (Å²) in [6, 6.07) is 8.48. The molecule has 1 aliphatic heterocycles. The molecule has 1 aromatic carbocycles. The molecule has 2 heterocycles. The summed E-state index contributed by atoms with van der Waals surface area (Å²) in [4.78, 5) is 3.51. The van der Waals surface area contributed by atoms with Crippen molar-refractivity contribution in [3.63, 3.8) is 0 Å². The van der Waals surface area contributed by atoms with Crippen LogP contribution in [-0.2, 0) is 22.3 Å². The molecule has 2 aromatic rings. The average Bonchev–Trinajstić information content (AvgIpc) is 2.95. The number of hydrogen-bond donors (Lipinski definition) is 1. The summed E-state index contributed by atoms with van der Waals surface area (Å²) < 4.78 is 11.6. The van der Waals surface area contributed by atoms with Crippen molar-refractivity contribution in [1.82, 2.24) is 4.98 Å². The van der Waals surface area contributed by atoms with Gasteiger partial charge in [-0.15, -0.1) is 0 Å². The molecule has 1 saturated heterocycles. The molecule has 0 saturated carbocycles. The number of aromatic nitrogens is 1. The lowest BCUT2D eigenvalue weighted by Gasteiger charge is -2.31. The van der Waals surface area contributed by atoms with Gasteiger partial charge >= 0.3 is 0 Å². The highest BCUT2D eigenvalue weighted by Gasteiger charge is 2.40. The van der Waals surface area contributed by atoms with Gasteiger partial charge < -0.3 is 14.5 Å². The van der Waals surface area contributed by atoms with E-state index in [9.17, 15) is 0 Å². The molecule has 1 aliphatic carbocycles. The van der Waals surface area contributed by atoms with Crippen LogP contribution in [0.25, 0.3) is 10.9 Å². The zero-order valence-corrected chi connectivity index (χ0v) is 9.66. The Morgan fingerprint density at radius 1 is 1.18 bits per heavy atom. The molecule has 0 bridgehead atoms. The maximum absolute atomic E-state index is 5.82. The number of aryl methyl sites for hydroxylation is 1. The Bertz CT molecular complexity index is 567. The molecular formula is C14H15NO2. The van der Waals surface area contributed by atoms with Crippen LogP contribution in [0.3, 0.4) is 0 Å². The zero-order valence-electron chi connectivity index (χ0n) is 9.66. The third kappa shape index (κ3) is 1.36. The van der Waals surface area contributed by atoms with Crippen LogP contribution in [0, 0.1) is 0 Å². The molecule has 17 heavy (non-hydrogen) atoms. The van der Waals surface area contributed by atoms with Crippen molar-refractivity contribution in [2.75, 3.05) is 13.2 Å². The standard InChI is InChI=1S/C14H15NO2/c1-2-4-12-10(3-1)11-9-14(16-7-8-17-14)6-5-13(11)15-12/h1-4,15H,5-9H2/i1+2,2+2,3+2,4+2,10+2,12+2. The highest BCUT2D eigenvalue weighted by molar-refractivity contribution is 5.85. The maximum atomic E-state index is 5.82. The van der Waals surface area contributed by atoms with E-state index < -0.39 is 0 Å². The van der Waals surface area contributed by atoms with Crippen molar-refractivity contribution in [2.45, 2.75) is 25.0 Å². The number of nitrogens with one attached hydrogen (secondary N) is 1. The second-order valence-corrected chi connectivity index (χ2v) is 4.91. The Balaban J connectivity index is 1.85. The Labute approximate surface area is 99.7 Å². The van der Waals surface area contributed by atoms with Crippen LogP contribution in [0.5, 0.6) is 0 Å². The van der Waals surface area contributed by atoms with Crippen molar-refractivity contribution < 1.29 is 9.47 Å². The van der Waals surface area contributed by atoms with Gasteiger partial charge in [-0.25, -0.2) is 0 Å². The number of aromatic amines is 1. The van der Waals surface area contributed by atoms with Crippen molar-refractivity contribution in [3.8, 4) is 0 Å². The number of hydrogen-bond acceptors (Lipinski definition) is 2. The molecule has 0 atom stereocenters. The summed E-state index contributed by atoms with van der Waals surface area (Å²) in [6.45, 7) is 1.47. The van der Waals surface area contributed by atoms with E-state index in [0.717, 1.165) is 32.5 Å². The summed E-state index contributed by atoms with van der Waals surface area (Å²) in [7, 11) is 0. The normalized spacial score (nSPS) is 22.1. The minimum Gasteiger partial charge on any atom is -0.358 e. The zero-order chi connectivity index (χ0) is 11.3. The molecule has 88 valence electrons. The first-order chi connectivity index (χ1) is 8.36. The molecule has 0 radical (unpaired) electrons. The highest BCUT2D eigenvalue weighted by Crippen LogP contribution is 2.38. The lowest BCUT2D eigenvalue weighted by atomic mass is 9.95. The molecule has 1 spiro atoms. The number of H-pyrrole nitrogens is 1. The van der Waals surface area contributed by atoms with Gasteiger partial charge in [0.25, 0.3) is 0 Å². The molecule has 3 nitrogen and oxygen atoms in total. The molecular weight excluding hydrogens is 226 g/mol. The molecule has 1 aromatic heterocycles. The van der Waals surface area contributed by atoms with Crippen LogP contribution >= 0.6 is 0 Å². The van der Waals surface area contributed by atoms with E-state index in [4.69, 9.17) is 9.47 Å². The Morgan fingerprint density at radius 2 is 2.00 bits per heavy atom. The fraction of sp³-hybridized carbons (Fsp3) is 0.429. The fourth-order valence-corrected chi connectivity index (χ4v) is 3.09. The van der Waals surface area contributed by atoms with Gasteiger partial charge in [0.05, 0.1) is 13.2 Å². The molecule has 3 heteroatoms. The van der Waals surface area contributed by atoms with Crippen LogP contribution in [-0.4, -0.2) is 24.0 Å². The predicted octanol–water partition coefficient (Wildman–Crippen LogP) is 2.40. The first-order valence-electron chi connectivity index (χ1n) is 6.23. The molecule has 1 fully saturated rings. The largest absolute Gasteiger partial charge is 0.358 e. The Hall–Kier alpha value is -1.32. The third-order valence-electron chi connectivity index (χ3n) is 3.92. The van der Waals surface area contributed by atoms with E-state index in [2.05, 4.69) is 29.2 Å². The van der Waals surface area contributed by atoms with Gasteiger partial charge in [-0.2, -0.15) is 0 Å². The monoisotopic (exact) mass is 241 g/mol. The minimum atomic E-state index is -0.335. The van der Waals surface area contributed by atoms with E-state index in [0.29, 0.717) is 0 Å². The first-order valence-corrected chi connectivity index (χ1v) is 6.23. The lowest BCUT2D eigenvalue weighted by Crippen LogP contribution is -2.36. The Kier molecular flexibility index (Phi) is 1.90. The topological polar surface area (TPSA) is 34.2 Å². The van der Waals surface area contributed by atoms with Crippen LogP contribution in [0.15, 0.2) is 24.3 Å². The van der Waals surface area contributed by atoms with E-state index in [1.807, 2.05) is 0 Å². The Morgan fingerprint density at radius 3 is 2.88 bits per heavy atom. The van der Waals surface area contributed by atoms with Gasteiger partial charge in [0.15, 0.2) is 5.79 Å². The predicted molar refractivity (Wildman–Crippen MR) is 65.0 cm³/mol. The summed E-state index contributed by atoms with van der Waals surface area (Å²) in [5.41, 5.74) is 3.97. The summed E-state index contributed by atoms with van der Waals surface area (Å²) in [6.07, 6.45) is 2.86. The third-order valence-corrected chi connectivity index (χ3v) is 3.92. The summed E-state index contributed by atoms with van der Waals surface area (Å²) in [5, 5.41) is 1.32. The summed E-state index contributed by atoms with van der Waals surface area (Å²) >= 11 is 0. The van der Waals surface area contributed by atoms with Gasteiger partial charge in [-0.05, 0) is 18.1 Å². The van der Waals surface area contributed by atoms with E-state index in [1.54, 1.807) is 0 Å². The SMILES string of the molecule is C1COC2(CCc3[nH][14c]4[14cH][14cH][14cH][14cH][14c]4c3C2)O1. The van der Waals surface area contributed by atoms with E-state index in [1.165, 1.54) is 22.2 Å². The van der Waals surface area contributed by atoms with Gasteiger partial charge in [0.2, 0.25) is 0 Å². The van der Waals surface area contributed by atoms with Crippen LogP contribution in [0.2, 0.25) is 0 Å². The fourth-order valence-electron chi connectivity index (χ4n) is 3.09. The molecule has 4 rings (SSSR count). The number of ether oxygens (including phenoxy) is 2. The highest BCUT2D eigenvalue weighted by atomic mass is 16.7. The van der Waals surface area contributed by atoms with E-state index >= 15 is 0 Å². The molecule has 1 N–H and O–H groups in total. The van der Waals surface area contributed by atoms with Crippen LogP contribution < -0.4 is 0 Å². The van der Waals surface area contributed by atoms with Crippen molar-refractivity contribution in [1.29, 1.82) is 0 Å². The quantitative estimate of drug-likeness (QED) is 0.768. The number of benzene rings is 1. The van der Waals surface area contributed by atoms with Crippen molar-refractivity contribution in [2.24, 2.45) is 0 Å². The minimum absolute atomic E-state index is 0.335. The molecule has 2 aliphatic rings. The number of rotatable bonds is 0. The van der Waals surface area contributed by atoms with Crippen LogP contribution in [0.1, 0.15) is 17.7 Å². The van der Waals surface area contributed by atoms with Gasteiger partial charge in [-0.1, -0.05) is 18.2 Å². The average molecular weight is 241 g/mol. The summed E-state index contributed by atoms with van der Waals surface area (Å²) in [5.74, 6) is -0.335. The van der Waals surface area contributed by atoms with Crippen molar-refractivity contribution >= 4 is 10.9 Å². The maximum Gasteiger partial charge on any atom is 0.172 e. The second kappa shape index (κ2) is 3.34. The second-order valence-electron chi connectivity index (χ2n) is 4.91. The lowest BCUT2D eigenvalue weighted by molar-refractivity contribution is -0.163. The van der Waals surface area contributed by atoms with Crippen molar-refractivity contribution in [3.05, 3.63) is 35.5 Å². The smallest absolute Gasteiger partial charge is 0.172 e. The van der Waals surface area contributed by atoms with Gasteiger partial charge in [0.1, 0.15) is 0 Å².